The van der Waals surface area contributed by atoms with E-state index >= 15 is 0 Å². The van der Waals surface area contributed by atoms with Gasteiger partial charge in [-0.15, -0.1) is 0 Å². The standard InChI is InChI=1S/C14H18N2O2S2/c1-3-15(4-2)14(19)18-10-9-16-11-7-5-6-8-12(11)20-13(16)17/h5-8H,3-4,9-10H2,1-2H3. The summed E-state index contributed by atoms with van der Waals surface area (Å²) in [5, 5.41) is 0.502. The maximum Gasteiger partial charge on any atom is 0.308 e. The first-order chi connectivity index (χ1) is 9.67. The van der Waals surface area contributed by atoms with E-state index in [0.717, 1.165) is 23.3 Å². The molecule has 4 nitrogen and oxygen atoms in total. The second kappa shape index (κ2) is 6.85. The quantitative estimate of drug-likeness (QED) is 0.795. The summed E-state index contributed by atoms with van der Waals surface area (Å²) in [5.41, 5.74) is 0.958. The smallest absolute Gasteiger partial charge is 0.308 e. The zero-order valence-corrected chi connectivity index (χ0v) is 13.3. The zero-order chi connectivity index (χ0) is 14.5. The molecule has 108 valence electrons. The molecule has 0 N–H and O–H groups in total. The molecule has 0 spiro atoms. The average molecular weight is 310 g/mol. The molecule has 0 fully saturated rings. The fourth-order valence-corrected chi connectivity index (χ4v) is 3.28. The average Bonchev–Trinajstić information content (AvgIpc) is 2.76. The number of thiazole rings is 1. The van der Waals surface area contributed by atoms with Gasteiger partial charge in [0.05, 0.1) is 16.8 Å². The Bertz CT molecular complexity index is 644. The third kappa shape index (κ3) is 3.19. The van der Waals surface area contributed by atoms with E-state index < -0.39 is 0 Å². The van der Waals surface area contributed by atoms with Crippen molar-refractivity contribution in [1.82, 2.24) is 9.47 Å². The lowest BCUT2D eigenvalue weighted by Gasteiger charge is -2.21. The normalized spacial score (nSPS) is 10.7. The Morgan fingerprint density at radius 3 is 2.75 bits per heavy atom. The molecular weight excluding hydrogens is 292 g/mol. The summed E-state index contributed by atoms with van der Waals surface area (Å²) in [6, 6.07) is 7.79. The van der Waals surface area contributed by atoms with E-state index in [1.54, 1.807) is 4.57 Å². The van der Waals surface area contributed by atoms with Gasteiger partial charge in [-0.1, -0.05) is 23.5 Å². The van der Waals surface area contributed by atoms with Gasteiger partial charge in [0.15, 0.2) is 0 Å². The van der Waals surface area contributed by atoms with Crippen LogP contribution in [0.15, 0.2) is 29.1 Å². The van der Waals surface area contributed by atoms with Crippen LogP contribution in [0.25, 0.3) is 10.2 Å². The Morgan fingerprint density at radius 2 is 2.05 bits per heavy atom. The predicted molar refractivity (Wildman–Crippen MR) is 87.6 cm³/mol. The molecule has 0 aliphatic heterocycles. The van der Waals surface area contributed by atoms with Gasteiger partial charge in [0.25, 0.3) is 5.17 Å². The van der Waals surface area contributed by atoms with E-state index in [1.165, 1.54) is 11.3 Å². The molecule has 1 aromatic carbocycles. The number of para-hydroxylation sites is 1. The van der Waals surface area contributed by atoms with E-state index in [1.807, 2.05) is 43.0 Å². The van der Waals surface area contributed by atoms with E-state index in [0.29, 0.717) is 18.3 Å². The number of hydrogen-bond donors (Lipinski definition) is 0. The third-order valence-corrected chi connectivity index (χ3v) is 4.47. The molecule has 0 saturated heterocycles. The van der Waals surface area contributed by atoms with Crippen LogP contribution in [-0.4, -0.2) is 34.3 Å². The molecule has 0 radical (unpaired) electrons. The van der Waals surface area contributed by atoms with Crippen LogP contribution in [0.2, 0.25) is 0 Å². The number of nitrogens with zero attached hydrogens (tertiary/aromatic N) is 2. The Labute approximate surface area is 127 Å². The minimum absolute atomic E-state index is 0.0450. The van der Waals surface area contributed by atoms with Gasteiger partial charge in [-0.3, -0.25) is 9.36 Å². The summed E-state index contributed by atoms with van der Waals surface area (Å²) in [4.78, 5) is 14.0. The number of aromatic nitrogens is 1. The van der Waals surface area contributed by atoms with Gasteiger partial charge in [0, 0.05) is 13.1 Å². The summed E-state index contributed by atoms with van der Waals surface area (Å²) >= 11 is 6.48. The van der Waals surface area contributed by atoms with E-state index in [9.17, 15) is 4.79 Å². The van der Waals surface area contributed by atoms with Crippen molar-refractivity contribution in [2.45, 2.75) is 20.4 Å². The predicted octanol–water partition coefficient (Wildman–Crippen LogP) is 2.71. The van der Waals surface area contributed by atoms with Crippen LogP contribution in [0.4, 0.5) is 0 Å². The number of fused-ring (bicyclic) bond motifs is 1. The van der Waals surface area contributed by atoms with E-state index in [2.05, 4.69) is 0 Å². The topological polar surface area (TPSA) is 34.5 Å². The van der Waals surface area contributed by atoms with Crippen molar-refractivity contribution < 1.29 is 4.74 Å². The summed E-state index contributed by atoms with van der Waals surface area (Å²) in [6.45, 7) is 6.67. The molecule has 0 unspecified atom stereocenters. The second-order valence-electron chi connectivity index (χ2n) is 4.27. The van der Waals surface area contributed by atoms with Gasteiger partial charge < -0.3 is 9.64 Å². The summed E-state index contributed by atoms with van der Waals surface area (Å²) < 4.78 is 8.31. The Morgan fingerprint density at radius 1 is 1.35 bits per heavy atom. The molecule has 0 atom stereocenters. The molecule has 1 aromatic heterocycles. The van der Waals surface area contributed by atoms with Crippen molar-refractivity contribution in [3.05, 3.63) is 33.9 Å². The highest BCUT2D eigenvalue weighted by Crippen LogP contribution is 2.16. The first-order valence-corrected chi connectivity index (χ1v) is 7.90. The minimum Gasteiger partial charge on any atom is -0.469 e. The Hall–Kier alpha value is -1.40. The van der Waals surface area contributed by atoms with Gasteiger partial charge in [0.2, 0.25) is 0 Å². The third-order valence-electron chi connectivity index (χ3n) is 3.14. The van der Waals surface area contributed by atoms with Crippen LogP contribution in [0.3, 0.4) is 0 Å². The monoisotopic (exact) mass is 310 g/mol. The molecule has 2 aromatic rings. The summed E-state index contributed by atoms with van der Waals surface area (Å²) in [5.74, 6) is 0. The zero-order valence-electron chi connectivity index (χ0n) is 11.7. The number of thiocarbonyl (C=S) groups is 1. The van der Waals surface area contributed by atoms with Crippen LogP contribution in [-0.2, 0) is 11.3 Å². The maximum atomic E-state index is 11.9. The lowest BCUT2D eigenvalue weighted by molar-refractivity contribution is 0.238. The highest BCUT2D eigenvalue weighted by Gasteiger charge is 2.09. The van der Waals surface area contributed by atoms with Gasteiger partial charge in [-0.05, 0) is 38.2 Å². The van der Waals surface area contributed by atoms with Crippen LogP contribution in [0, 0.1) is 0 Å². The first kappa shape index (κ1) is 15.0. The molecule has 6 heteroatoms. The van der Waals surface area contributed by atoms with Crippen molar-refractivity contribution in [1.29, 1.82) is 0 Å². The molecule has 0 saturated carbocycles. The van der Waals surface area contributed by atoms with Crippen molar-refractivity contribution in [2.24, 2.45) is 0 Å². The molecule has 20 heavy (non-hydrogen) atoms. The van der Waals surface area contributed by atoms with Crippen LogP contribution in [0.1, 0.15) is 13.8 Å². The lowest BCUT2D eigenvalue weighted by Crippen LogP contribution is -2.32. The molecule has 1 heterocycles. The number of hydrogen-bond acceptors (Lipinski definition) is 4. The highest BCUT2D eigenvalue weighted by atomic mass is 32.1. The van der Waals surface area contributed by atoms with Crippen LogP contribution >= 0.6 is 23.6 Å². The Kier molecular flexibility index (Phi) is 5.14. The molecule has 2 rings (SSSR count). The van der Waals surface area contributed by atoms with Crippen molar-refractivity contribution in [3.63, 3.8) is 0 Å². The Balaban J connectivity index is 2.01. The summed E-state index contributed by atoms with van der Waals surface area (Å²) in [6.07, 6.45) is 0. The highest BCUT2D eigenvalue weighted by molar-refractivity contribution is 7.80. The SMILES string of the molecule is CCN(CC)C(=S)OCCn1c(=O)sc2ccccc21. The minimum atomic E-state index is 0.0450. The van der Waals surface area contributed by atoms with Crippen molar-refractivity contribution in [3.8, 4) is 0 Å². The van der Waals surface area contributed by atoms with Gasteiger partial charge in [-0.2, -0.15) is 0 Å². The molecule has 0 bridgehead atoms. The molecule has 0 aliphatic carbocycles. The van der Waals surface area contributed by atoms with Crippen LogP contribution in [0.5, 0.6) is 0 Å². The van der Waals surface area contributed by atoms with E-state index in [4.69, 9.17) is 17.0 Å². The number of ether oxygens (including phenoxy) is 1. The van der Waals surface area contributed by atoms with Gasteiger partial charge in [-0.25, -0.2) is 0 Å². The molecule has 0 aliphatic rings. The fraction of sp³-hybridized carbons (Fsp3) is 0.429. The van der Waals surface area contributed by atoms with Crippen molar-refractivity contribution >= 4 is 38.9 Å². The first-order valence-electron chi connectivity index (χ1n) is 6.67. The van der Waals surface area contributed by atoms with Gasteiger partial charge in [0.1, 0.15) is 6.61 Å². The van der Waals surface area contributed by atoms with Crippen LogP contribution < -0.4 is 4.87 Å². The fourth-order valence-electron chi connectivity index (χ4n) is 2.02. The largest absolute Gasteiger partial charge is 0.469 e. The number of benzene rings is 1. The second-order valence-corrected chi connectivity index (χ2v) is 5.62. The van der Waals surface area contributed by atoms with Crippen molar-refractivity contribution in [2.75, 3.05) is 19.7 Å². The lowest BCUT2D eigenvalue weighted by atomic mass is 10.3. The summed E-state index contributed by atoms with van der Waals surface area (Å²) in [7, 11) is 0. The maximum absolute atomic E-state index is 11.9. The van der Waals surface area contributed by atoms with Gasteiger partial charge >= 0.3 is 4.87 Å². The van der Waals surface area contributed by atoms with E-state index in [-0.39, 0.29) is 4.87 Å². The molecular formula is C14H18N2O2S2. The number of rotatable bonds is 5. The molecule has 0 amide bonds.